The third kappa shape index (κ3) is 2.82. The van der Waals surface area contributed by atoms with Crippen LogP contribution in [0.2, 0.25) is 0 Å². The van der Waals surface area contributed by atoms with Gasteiger partial charge in [0.2, 0.25) is 0 Å². The van der Waals surface area contributed by atoms with Gasteiger partial charge in [0.25, 0.3) is 0 Å². The Hall–Kier alpha value is -1.78. The highest BCUT2D eigenvalue weighted by atomic mass is 32.1. The first-order valence-electron chi connectivity index (χ1n) is 7.01. The quantitative estimate of drug-likeness (QED) is 0.770. The van der Waals surface area contributed by atoms with Crippen LogP contribution in [-0.2, 0) is 0 Å². The van der Waals surface area contributed by atoms with Crippen LogP contribution in [0.5, 0.6) is 0 Å². The lowest BCUT2D eigenvalue weighted by atomic mass is 9.96. The standard InChI is InChI=1S/C17H17FN2S/c1-3-19-17(14-5-4-13(18)8-11(14)2)12-9-16-15(20-10-12)6-7-21-16/h4-10,17,19H,3H2,1-2H3. The Labute approximate surface area is 127 Å². The second kappa shape index (κ2) is 5.92. The van der Waals surface area contributed by atoms with Crippen molar-refractivity contribution >= 4 is 21.6 Å². The summed E-state index contributed by atoms with van der Waals surface area (Å²) >= 11 is 1.69. The Balaban J connectivity index is 2.07. The van der Waals surface area contributed by atoms with Crippen molar-refractivity contribution in [3.05, 3.63) is 64.4 Å². The van der Waals surface area contributed by atoms with Crippen LogP contribution < -0.4 is 5.32 Å². The Morgan fingerprint density at radius 2 is 2.14 bits per heavy atom. The summed E-state index contributed by atoms with van der Waals surface area (Å²) in [4.78, 5) is 4.51. The third-order valence-electron chi connectivity index (χ3n) is 3.61. The van der Waals surface area contributed by atoms with Gasteiger partial charge in [-0.05, 0) is 59.8 Å². The molecule has 0 spiro atoms. The smallest absolute Gasteiger partial charge is 0.123 e. The summed E-state index contributed by atoms with van der Waals surface area (Å²) in [5.41, 5.74) is 4.18. The predicted molar refractivity (Wildman–Crippen MR) is 86.3 cm³/mol. The highest BCUT2D eigenvalue weighted by molar-refractivity contribution is 7.17. The first-order chi connectivity index (χ1) is 10.2. The fourth-order valence-corrected chi connectivity index (χ4v) is 3.38. The van der Waals surface area contributed by atoms with Gasteiger partial charge in [0.15, 0.2) is 0 Å². The first kappa shape index (κ1) is 14.2. The van der Waals surface area contributed by atoms with Crippen molar-refractivity contribution in [1.82, 2.24) is 10.3 Å². The molecule has 1 unspecified atom stereocenters. The molecule has 0 fully saturated rings. The molecule has 0 amide bonds. The molecule has 21 heavy (non-hydrogen) atoms. The molecule has 4 heteroatoms. The Bertz CT molecular complexity index is 766. The van der Waals surface area contributed by atoms with E-state index in [2.05, 4.69) is 23.3 Å². The highest BCUT2D eigenvalue weighted by Gasteiger charge is 2.16. The molecule has 1 aromatic carbocycles. The summed E-state index contributed by atoms with van der Waals surface area (Å²) in [7, 11) is 0. The molecule has 108 valence electrons. The summed E-state index contributed by atoms with van der Waals surface area (Å²) < 4.78 is 14.5. The molecule has 0 radical (unpaired) electrons. The largest absolute Gasteiger partial charge is 0.306 e. The number of hydrogen-bond acceptors (Lipinski definition) is 3. The van der Waals surface area contributed by atoms with E-state index in [-0.39, 0.29) is 11.9 Å². The van der Waals surface area contributed by atoms with E-state index in [9.17, 15) is 4.39 Å². The van der Waals surface area contributed by atoms with Gasteiger partial charge in [-0.15, -0.1) is 11.3 Å². The first-order valence-corrected chi connectivity index (χ1v) is 7.89. The van der Waals surface area contributed by atoms with Gasteiger partial charge < -0.3 is 5.32 Å². The number of aryl methyl sites for hydroxylation is 1. The predicted octanol–water partition coefficient (Wildman–Crippen LogP) is 4.44. The molecule has 3 aromatic rings. The zero-order valence-electron chi connectivity index (χ0n) is 12.1. The second-order valence-electron chi connectivity index (χ2n) is 5.06. The van der Waals surface area contributed by atoms with Crippen LogP contribution in [0.25, 0.3) is 10.2 Å². The van der Waals surface area contributed by atoms with E-state index in [0.29, 0.717) is 0 Å². The molecule has 2 aromatic heterocycles. The SMILES string of the molecule is CCNC(c1cnc2ccsc2c1)c1ccc(F)cc1C. The van der Waals surface area contributed by atoms with Crippen LogP contribution in [0, 0.1) is 12.7 Å². The second-order valence-corrected chi connectivity index (χ2v) is 6.01. The molecule has 0 saturated carbocycles. The Morgan fingerprint density at radius 1 is 1.29 bits per heavy atom. The topological polar surface area (TPSA) is 24.9 Å². The van der Waals surface area contributed by atoms with Gasteiger partial charge in [-0.2, -0.15) is 0 Å². The van der Waals surface area contributed by atoms with E-state index in [1.54, 1.807) is 17.4 Å². The monoisotopic (exact) mass is 300 g/mol. The van der Waals surface area contributed by atoms with Crippen molar-refractivity contribution in [2.24, 2.45) is 0 Å². The number of nitrogens with one attached hydrogen (secondary N) is 1. The summed E-state index contributed by atoms with van der Waals surface area (Å²) in [6.45, 7) is 4.85. The maximum Gasteiger partial charge on any atom is 0.123 e. The lowest BCUT2D eigenvalue weighted by Gasteiger charge is -2.20. The number of benzene rings is 1. The fraction of sp³-hybridized carbons (Fsp3) is 0.235. The van der Waals surface area contributed by atoms with Gasteiger partial charge in [-0.25, -0.2) is 4.39 Å². The highest BCUT2D eigenvalue weighted by Crippen LogP contribution is 2.28. The number of rotatable bonds is 4. The third-order valence-corrected chi connectivity index (χ3v) is 4.46. The average Bonchev–Trinajstić information content (AvgIpc) is 2.93. The minimum atomic E-state index is -0.196. The van der Waals surface area contributed by atoms with Gasteiger partial charge >= 0.3 is 0 Å². The molecule has 3 rings (SSSR count). The van der Waals surface area contributed by atoms with E-state index in [4.69, 9.17) is 0 Å². The van der Waals surface area contributed by atoms with E-state index in [1.807, 2.05) is 30.6 Å². The molecular formula is C17H17FN2S. The number of nitrogens with zero attached hydrogens (tertiary/aromatic N) is 1. The van der Waals surface area contributed by atoms with E-state index >= 15 is 0 Å². The zero-order valence-corrected chi connectivity index (χ0v) is 12.9. The number of aromatic nitrogens is 1. The molecule has 0 aliphatic rings. The Morgan fingerprint density at radius 3 is 2.90 bits per heavy atom. The normalized spacial score (nSPS) is 12.7. The van der Waals surface area contributed by atoms with Gasteiger partial charge in [0, 0.05) is 6.20 Å². The average molecular weight is 300 g/mol. The zero-order chi connectivity index (χ0) is 14.8. The molecule has 1 N–H and O–H groups in total. The van der Waals surface area contributed by atoms with Crippen LogP contribution in [0.3, 0.4) is 0 Å². The molecular weight excluding hydrogens is 283 g/mol. The van der Waals surface area contributed by atoms with Crippen molar-refractivity contribution in [1.29, 1.82) is 0 Å². The van der Waals surface area contributed by atoms with Crippen LogP contribution in [0.15, 0.2) is 41.9 Å². The summed E-state index contributed by atoms with van der Waals surface area (Å²) in [5.74, 6) is -0.196. The molecule has 2 heterocycles. The van der Waals surface area contributed by atoms with E-state index < -0.39 is 0 Å². The van der Waals surface area contributed by atoms with Crippen molar-refractivity contribution in [2.45, 2.75) is 19.9 Å². The van der Waals surface area contributed by atoms with Gasteiger partial charge in [0.05, 0.1) is 16.3 Å². The molecule has 0 bridgehead atoms. The molecule has 0 aliphatic carbocycles. The fourth-order valence-electron chi connectivity index (χ4n) is 2.59. The molecule has 2 nitrogen and oxygen atoms in total. The number of fused-ring (bicyclic) bond motifs is 1. The minimum Gasteiger partial charge on any atom is -0.306 e. The Kier molecular flexibility index (Phi) is 3.99. The van der Waals surface area contributed by atoms with Crippen LogP contribution >= 0.6 is 11.3 Å². The maximum atomic E-state index is 13.3. The summed E-state index contributed by atoms with van der Waals surface area (Å²) in [6.07, 6.45) is 1.91. The van der Waals surface area contributed by atoms with Crippen LogP contribution in [0.1, 0.15) is 29.7 Å². The van der Waals surface area contributed by atoms with Gasteiger partial charge in [-0.1, -0.05) is 13.0 Å². The van der Waals surface area contributed by atoms with Crippen LogP contribution in [-0.4, -0.2) is 11.5 Å². The maximum absolute atomic E-state index is 13.3. The number of thiophene rings is 1. The van der Waals surface area contributed by atoms with E-state index in [1.165, 1.54) is 10.8 Å². The number of hydrogen-bond donors (Lipinski definition) is 1. The minimum absolute atomic E-state index is 0.0367. The van der Waals surface area contributed by atoms with Crippen molar-refractivity contribution in [2.75, 3.05) is 6.54 Å². The van der Waals surface area contributed by atoms with Gasteiger partial charge in [0.1, 0.15) is 5.82 Å². The van der Waals surface area contributed by atoms with Crippen molar-refractivity contribution < 1.29 is 4.39 Å². The van der Waals surface area contributed by atoms with Crippen LogP contribution in [0.4, 0.5) is 4.39 Å². The molecule has 0 saturated heterocycles. The van der Waals surface area contributed by atoms with Crippen molar-refractivity contribution in [3.8, 4) is 0 Å². The molecule has 0 aliphatic heterocycles. The number of pyridine rings is 1. The lowest BCUT2D eigenvalue weighted by molar-refractivity contribution is 0.609. The molecule has 1 atom stereocenters. The van der Waals surface area contributed by atoms with Crippen molar-refractivity contribution in [3.63, 3.8) is 0 Å². The lowest BCUT2D eigenvalue weighted by Crippen LogP contribution is -2.23. The number of halogens is 1. The summed E-state index contributed by atoms with van der Waals surface area (Å²) in [6, 6.07) is 9.18. The summed E-state index contributed by atoms with van der Waals surface area (Å²) in [5, 5.41) is 5.52. The van der Waals surface area contributed by atoms with Gasteiger partial charge in [-0.3, -0.25) is 4.98 Å². The van der Waals surface area contributed by atoms with E-state index in [0.717, 1.165) is 28.8 Å².